The van der Waals surface area contributed by atoms with E-state index in [4.69, 9.17) is 9.97 Å². The van der Waals surface area contributed by atoms with E-state index in [1.807, 2.05) is 19.2 Å². The number of nitrogens with one attached hydrogen (secondary N) is 1. The average molecular weight is 459 g/mol. The lowest BCUT2D eigenvalue weighted by molar-refractivity contribution is -0.00960. The molecule has 0 amide bonds. The molecule has 32 heavy (non-hydrogen) atoms. The van der Waals surface area contributed by atoms with Crippen molar-refractivity contribution in [3.8, 4) is 0 Å². The first kappa shape index (κ1) is 20.6. The maximum atomic E-state index is 12.5. The van der Waals surface area contributed by atoms with E-state index >= 15 is 0 Å². The van der Waals surface area contributed by atoms with Crippen LogP contribution in [0.5, 0.6) is 0 Å². The minimum atomic E-state index is -3.10. The van der Waals surface area contributed by atoms with Crippen molar-refractivity contribution in [2.45, 2.75) is 62.3 Å². The fourth-order valence-corrected chi connectivity index (χ4v) is 6.97. The third-order valence-electron chi connectivity index (χ3n) is 7.33. The molecule has 9 nitrogen and oxygen atoms in total. The van der Waals surface area contributed by atoms with Crippen molar-refractivity contribution in [2.75, 3.05) is 36.4 Å². The molecule has 172 valence electrons. The van der Waals surface area contributed by atoms with Crippen molar-refractivity contribution in [1.29, 1.82) is 0 Å². The number of pyridine rings is 1. The van der Waals surface area contributed by atoms with E-state index in [0.717, 1.165) is 60.9 Å². The van der Waals surface area contributed by atoms with Crippen molar-refractivity contribution in [2.24, 2.45) is 5.92 Å². The summed E-state index contributed by atoms with van der Waals surface area (Å²) in [6.45, 7) is 4.26. The van der Waals surface area contributed by atoms with Crippen molar-refractivity contribution in [3.05, 3.63) is 18.0 Å². The van der Waals surface area contributed by atoms with E-state index in [2.05, 4.69) is 15.2 Å². The summed E-state index contributed by atoms with van der Waals surface area (Å²) in [5, 5.41) is 14.9. The maximum absolute atomic E-state index is 12.5. The molecule has 4 fully saturated rings. The molecule has 2 aliphatic heterocycles. The molecule has 2 aromatic rings. The van der Waals surface area contributed by atoms with Gasteiger partial charge in [0.15, 0.2) is 5.82 Å². The summed E-state index contributed by atoms with van der Waals surface area (Å²) in [5.74, 6) is 1.78. The third kappa shape index (κ3) is 3.62. The Morgan fingerprint density at radius 2 is 1.81 bits per heavy atom. The molecular weight excluding hydrogens is 428 g/mol. The minimum Gasteiger partial charge on any atom is -0.386 e. The summed E-state index contributed by atoms with van der Waals surface area (Å²) in [5.41, 5.74) is 1.11. The van der Waals surface area contributed by atoms with Crippen LogP contribution in [0.15, 0.2) is 12.3 Å². The van der Waals surface area contributed by atoms with Crippen molar-refractivity contribution in [1.82, 2.24) is 19.3 Å². The first-order chi connectivity index (χ1) is 15.3. The lowest BCUT2D eigenvalue weighted by Crippen LogP contribution is -2.63. The standard InChI is InChI=1S/C22H30N6O3S/c1-14-10-15-11-23-21(25-17-6-8-28(9-7-17)32(30,31)18-4-5-18)26-19(15)20(24-14)27-12-22(29,13-27)16-2-3-16/h10-11,16-18,29H,2-9,12-13H2,1H3,(H,23,25,26). The van der Waals surface area contributed by atoms with Crippen LogP contribution in [-0.2, 0) is 10.0 Å². The summed E-state index contributed by atoms with van der Waals surface area (Å²) in [7, 11) is -3.10. The van der Waals surface area contributed by atoms with Crippen molar-refractivity contribution in [3.63, 3.8) is 0 Å². The van der Waals surface area contributed by atoms with E-state index in [9.17, 15) is 13.5 Å². The molecule has 0 spiro atoms. The van der Waals surface area contributed by atoms with Gasteiger partial charge >= 0.3 is 0 Å². The van der Waals surface area contributed by atoms with Crippen LogP contribution < -0.4 is 10.2 Å². The predicted octanol–water partition coefficient (Wildman–Crippen LogP) is 1.66. The SMILES string of the molecule is Cc1cc2cnc(NC3CCN(S(=O)(=O)C4CC4)CC3)nc2c(N2CC(O)(C3CC3)C2)n1. The molecule has 2 N–H and O–H groups in total. The minimum absolute atomic E-state index is 0.143. The Kier molecular flexibility index (Phi) is 4.64. The second-order valence-electron chi connectivity index (χ2n) is 10.0. The third-order valence-corrected chi connectivity index (χ3v) is 9.73. The normalized spacial score (nSPS) is 24.5. The highest BCUT2D eigenvalue weighted by Crippen LogP contribution is 2.46. The summed E-state index contributed by atoms with van der Waals surface area (Å²) < 4.78 is 26.6. The molecule has 0 aromatic carbocycles. The van der Waals surface area contributed by atoms with Crippen LogP contribution in [0.2, 0.25) is 0 Å². The second-order valence-corrected chi connectivity index (χ2v) is 12.2. The number of nitrogens with zero attached hydrogens (tertiary/aromatic N) is 5. The maximum Gasteiger partial charge on any atom is 0.223 e. The van der Waals surface area contributed by atoms with Crippen molar-refractivity contribution >= 4 is 32.7 Å². The zero-order chi connectivity index (χ0) is 22.1. The second kappa shape index (κ2) is 7.23. The number of aliphatic hydroxyl groups is 1. The van der Waals surface area contributed by atoms with Gasteiger partial charge in [0.1, 0.15) is 11.1 Å². The Morgan fingerprint density at radius 3 is 2.47 bits per heavy atom. The quantitative estimate of drug-likeness (QED) is 0.672. The van der Waals surface area contributed by atoms with Gasteiger partial charge in [0.25, 0.3) is 0 Å². The molecular formula is C22H30N6O3S. The van der Waals surface area contributed by atoms with Gasteiger partial charge in [-0.1, -0.05) is 0 Å². The van der Waals surface area contributed by atoms with Crippen LogP contribution in [0.3, 0.4) is 0 Å². The number of hydrogen-bond acceptors (Lipinski definition) is 8. The smallest absolute Gasteiger partial charge is 0.223 e. The molecule has 2 saturated heterocycles. The highest BCUT2D eigenvalue weighted by atomic mass is 32.2. The molecule has 2 aliphatic carbocycles. The van der Waals surface area contributed by atoms with Crippen molar-refractivity contribution < 1.29 is 13.5 Å². The van der Waals surface area contributed by atoms with Gasteiger partial charge < -0.3 is 15.3 Å². The molecule has 6 rings (SSSR count). The lowest BCUT2D eigenvalue weighted by atomic mass is 9.88. The number of aromatic nitrogens is 3. The molecule has 0 bridgehead atoms. The Labute approximate surface area is 188 Å². The average Bonchev–Trinajstić information content (AvgIpc) is 3.63. The Bertz CT molecular complexity index is 1150. The Balaban J connectivity index is 1.18. The van der Waals surface area contributed by atoms with Gasteiger partial charge in [-0.15, -0.1) is 0 Å². The van der Waals surface area contributed by atoms with E-state index in [-0.39, 0.29) is 11.3 Å². The lowest BCUT2D eigenvalue weighted by Gasteiger charge is -2.47. The van der Waals surface area contributed by atoms with Crippen LogP contribution in [0.4, 0.5) is 11.8 Å². The first-order valence-electron chi connectivity index (χ1n) is 11.7. The van der Waals surface area contributed by atoms with Crippen LogP contribution in [0.1, 0.15) is 44.2 Å². The van der Waals surface area contributed by atoms with Gasteiger partial charge in [-0.3, -0.25) is 0 Å². The van der Waals surface area contributed by atoms with Gasteiger partial charge in [0.2, 0.25) is 16.0 Å². The number of hydrogen-bond donors (Lipinski definition) is 2. The first-order valence-corrected chi connectivity index (χ1v) is 13.2. The molecule has 2 aromatic heterocycles. The molecule has 0 atom stereocenters. The fourth-order valence-electron chi connectivity index (χ4n) is 5.10. The molecule has 10 heteroatoms. The van der Waals surface area contributed by atoms with E-state index in [0.29, 0.717) is 38.0 Å². The molecule has 0 unspecified atom stereocenters. The Hall–Kier alpha value is -2.04. The van der Waals surface area contributed by atoms with Crippen LogP contribution in [0.25, 0.3) is 10.9 Å². The van der Waals surface area contributed by atoms with Crippen LogP contribution in [0, 0.1) is 12.8 Å². The predicted molar refractivity (Wildman–Crippen MR) is 122 cm³/mol. The number of rotatable bonds is 6. The molecule has 4 aliphatic rings. The summed E-state index contributed by atoms with van der Waals surface area (Å²) in [4.78, 5) is 16.2. The number of aryl methyl sites for hydroxylation is 1. The molecule has 2 saturated carbocycles. The summed E-state index contributed by atoms with van der Waals surface area (Å²) >= 11 is 0. The molecule has 4 heterocycles. The number of piperidine rings is 1. The zero-order valence-electron chi connectivity index (χ0n) is 18.4. The number of sulfonamides is 1. The van der Waals surface area contributed by atoms with Gasteiger partial charge in [0, 0.05) is 36.4 Å². The number of fused-ring (bicyclic) bond motifs is 1. The highest BCUT2D eigenvalue weighted by molar-refractivity contribution is 7.90. The number of anilines is 2. The van der Waals surface area contributed by atoms with Crippen LogP contribution in [-0.4, -0.2) is 75.9 Å². The van der Waals surface area contributed by atoms with E-state index in [1.165, 1.54) is 0 Å². The van der Waals surface area contributed by atoms with Crippen LogP contribution >= 0.6 is 0 Å². The van der Waals surface area contributed by atoms with E-state index < -0.39 is 15.6 Å². The van der Waals surface area contributed by atoms with Gasteiger partial charge in [0.05, 0.1) is 18.3 Å². The monoisotopic (exact) mass is 458 g/mol. The van der Waals surface area contributed by atoms with Gasteiger partial charge in [-0.05, 0) is 57.4 Å². The fraction of sp³-hybridized carbons (Fsp3) is 0.682. The Morgan fingerprint density at radius 1 is 1.09 bits per heavy atom. The highest BCUT2D eigenvalue weighted by Gasteiger charge is 2.52. The summed E-state index contributed by atoms with van der Waals surface area (Å²) in [6, 6.07) is 2.13. The number of β-amino-alcohol motifs (C(OH)–C–C–N with tert-alkyl or cyclic N) is 1. The van der Waals surface area contributed by atoms with Gasteiger partial charge in [-0.25, -0.2) is 27.7 Å². The molecule has 0 radical (unpaired) electrons. The topological polar surface area (TPSA) is 112 Å². The zero-order valence-corrected chi connectivity index (χ0v) is 19.2. The largest absolute Gasteiger partial charge is 0.386 e. The van der Waals surface area contributed by atoms with E-state index in [1.54, 1.807) is 4.31 Å². The van der Waals surface area contributed by atoms with Gasteiger partial charge in [-0.2, -0.15) is 0 Å². The summed E-state index contributed by atoms with van der Waals surface area (Å²) in [6.07, 6.45) is 7.14.